The van der Waals surface area contributed by atoms with Crippen LogP contribution in [0.2, 0.25) is 0 Å². The van der Waals surface area contributed by atoms with E-state index in [0.29, 0.717) is 35.7 Å². The molecule has 1 aliphatic carbocycles. The third kappa shape index (κ3) is 5.11. The minimum absolute atomic E-state index is 0.00498. The number of hydrogen-bond donors (Lipinski definition) is 1. The zero-order valence-electron chi connectivity index (χ0n) is 17.9. The van der Waals surface area contributed by atoms with Gasteiger partial charge in [0.1, 0.15) is 0 Å². The minimum atomic E-state index is -3.29. The van der Waals surface area contributed by atoms with Crippen LogP contribution < -0.4 is 10.1 Å². The maximum Gasteiger partial charge on any atom is 0.251 e. The molecule has 1 aliphatic rings. The van der Waals surface area contributed by atoms with E-state index in [0.717, 1.165) is 5.56 Å². The predicted molar refractivity (Wildman–Crippen MR) is 119 cm³/mol. The van der Waals surface area contributed by atoms with E-state index in [4.69, 9.17) is 4.74 Å². The van der Waals surface area contributed by atoms with E-state index in [1.807, 2.05) is 13.8 Å². The number of ether oxygens (including phenoxy) is 1. The van der Waals surface area contributed by atoms with Crippen molar-refractivity contribution >= 4 is 15.7 Å². The third-order valence-corrected chi connectivity index (χ3v) is 7.18. The van der Waals surface area contributed by atoms with Crippen LogP contribution in [0.1, 0.15) is 42.7 Å². The molecule has 9 heteroatoms. The Morgan fingerprint density at radius 3 is 2.59 bits per heavy atom. The van der Waals surface area contributed by atoms with Crippen molar-refractivity contribution in [1.82, 2.24) is 20.3 Å². The first-order valence-corrected chi connectivity index (χ1v) is 11.9. The second kappa shape index (κ2) is 9.04. The summed E-state index contributed by atoms with van der Waals surface area (Å²) in [6, 6.07) is 10.0. The van der Waals surface area contributed by atoms with Crippen molar-refractivity contribution in [2.45, 2.75) is 49.5 Å². The van der Waals surface area contributed by atoms with Gasteiger partial charge in [0.25, 0.3) is 5.91 Å². The van der Waals surface area contributed by atoms with E-state index >= 15 is 0 Å². The maximum absolute atomic E-state index is 12.5. The van der Waals surface area contributed by atoms with Gasteiger partial charge in [0.05, 0.1) is 46.6 Å². The Morgan fingerprint density at radius 2 is 1.91 bits per heavy atom. The van der Waals surface area contributed by atoms with Crippen molar-refractivity contribution in [2.24, 2.45) is 0 Å². The number of rotatable bonds is 8. The molecule has 0 spiro atoms. The van der Waals surface area contributed by atoms with Gasteiger partial charge in [-0.2, -0.15) is 0 Å². The lowest BCUT2D eigenvalue weighted by molar-refractivity contribution is 0.0950. The Bertz CT molecular complexity index is 1220. The summed E-state index contributed by atoms with van der Waals surface area (Å²) in [5, 5.41) is 2.50. The first-order chi connectivity index (χ1) is 15.3. The Hall–Kier alpha value is -3.33. The van der Waals surface area contributed by atoms with E-state index < -0.39 is 9.84 Å². The number of carbonyl (C=O) groups is 1. The van der Waals surface area contributed by atoms with Gasteiger partial charge in [0.15, 0.2) is 9.84 Å². The van der Waals surface area contributed by atoms with Gasteiger partial charge in [0, 0.05) is 17.3 Å². The number of aromatic nitrogens is 3. The van der Waals surface area contributed by atoms with Gasteiger partial charge in [-0.1, -0.05) is 12.1 Å². The molecule has 3 aromatic rings. The predicted octanol–water partition coefficient (Wildman–Crippen LogP) is 3.19. The molecule has 4 rings (SSSR count). The molecule has 1 saturated carbocycles. The molecule has 0 unspecified atom stereocenters. The number of amides is 1. The monoisotopic (exact) mass is 452 g/mol. The quantitative estimate of drug-likeness (QED) is 0.559. The van der Waals surface area contributed by atoms with Crippen molar-refractivity contribution < 1.29 is 17.9 Å². The van der Waals surface area contributed by atoms with Crippen LogP contribution in [-0.2, 0) is 16.4 Å². The summed E-state index contributed by atoms with van der Waals surface area (Å²) in [6.45, 7) is 3.97. The van der Waals surface area contributed by atoms with Crippen LogP contribution in [-0.4, -0.2) is 40.6 Å². The Morgan fingerprint density at radius 1 is 1.16 bits per heavy atom. The molecule has 1 fully saturated rings. The van der Waals surface area contributed by atoms with Gasteiger partial charge < -0.3 is 10.1 Å². The fourth-order valence-electron chi connectivity index (χ4n) is 3.15. The molecule has 2 aromatic heterocycles. The second-order valence-electron chi connectivity index (χ2n) is 7.90. The molecule has 1 N–H and O–H groups in total. The first-order valence-electron chi connectivity index (χ1n) is 10.4. The van der Waals surface area contributed by atoms with Crippen LogP contribution in [0.15, 0.2) is 59.9 Å². The van der Waals surface area contributed by atoms with Crippen LogP contribution in [0, 0.1) is 0 Å². The lowest BCUT2D eigenvalue weighted by atomic mass is 10.1. The molecular formula is C23H24N4O4S. The summed E-state index contributed by atoms with van der Waals surface area (Å²) in [5.74, 6) is 0.162. The van der Waals surface area contributed by atoms with E-state index in [-0.39, 0.29) is 28.7 Å². The first kappa shape index (κ1) is 21.9. The summed E-state index contributed by atoms with van der Waals surface area (Å²) in [4.78, 5) is 25.6. The number of nitrogens with one attached hydrogen (secondary N) is 1. The van der Waals surface area contributed by atoms with E-state index in [9.17, 15) is 13.2 Å². The van der Waals surface area contributed by atoms with Gasteiger partial charge in [-0.3, -0.25) is 14.8 Å². The molecule has 166 valence electrons. The topological polar surface area (TPSA) is 111 Å². The van der Waals surface area contributed by atoms with Crippen molar-refractivity contribution in [3.05, 3.63) is 66.2 Å². The third-order valence-electron chi connectivity index (χ3n) is 4.92. The number of hydrogen-bond acceptors (Lipinski definition) is 7. The van der Waals surface area contributed by atoms with Crippen LogP contribution in [0.5, 0.6) is 5.88 Å². The zero-order chi connectivity index (χ0) is 22.7. The normalized spacial score (nSPS) is 13.7. The molecule has 0 aliphatic heterocycles. The van der Waals surface area contributed by atoms with Crippen molar-refractivity contribution in [3.63, 3.8) is 0 Å². The molecule has 1 aromatic carbocycles. The average molecular weight is 453 g/mol. The average Bonchev–Trinajstić information content (AvgIpc) is 3.64. The lowest BCUT2D eigenvalue weighted by Gasteiger charge is -2.10. The number of nitrogens with zero attached hydrogens (tertiary/aromatic N) is 3. The van der Waals surface area contributed by atoms with E-state index in [1.165, 1.54) is 18.3 Å². The highest BCUT2D eigenvalue weighted by Gasteiger charge is 2.36. The van der Waals surface area contributed by atoms with Gasteiger partial charge >= 0.3 is 0 Å². The lowest BCUT2D eigenvalue weighted by Crippen LogP contribution is -2.23. The van der Waals surface area contributed by atoms with Crippen LogP contribution in [0.3, 0.4) is 0 Å². The summed E-state index contributed by atoms with van der Waals surface area (Å²) in [7, 11) is -3.29. The molecule has 0 saturated heterocycles. The summed E-state index contributed by atoms with van der Waals surface area (Å²) in [6.07, 6.45) is 6.06. The van der Waals surface area contributed by atoms with Crippen molar-refractivity contribution in [3.8, 4) is 17.1 Å². The number of benzene rings is 1. The molecule has 1 amide bonds. The van der Waals surface area contributed by atoms with Crippen molar-refractivity contribution in [1.29, 1.82) is 0 Å². The highest BCUT2D eigenvalue weighted by Crippen LogP contribution is 2.33. The Labute approximate surface area is 187 Å². The number of carbonyl (C=O) groups excluding carboxylic acids is 1. The van der Waals surface area contributed by atoms with Gasteiger partial charge in [-0.25, -0.2) is 13.4 Å². The van der Waals surface area contributed by atoms with E-state index in [2.05, 4.69) is 20.3 Å². The van der Waals surface area contributed by atoms with Crippen LogP contribution >= 0.6 is 0 Å². The summed E-state index contributed by atoms with van der Waals surface area (Å²) >= 11 is 0. The number of pyridine rings is 1. The van der Waals surface area contributed by atoms with Crippen LogP contribution in [0.4, 0.5) is 0 Å². The zero-order valence-corrected chi connectivity index (χ0v) is 18.7. The standard InChI is InChI=1S/C23H24N4O4S/c1-15(2)31-22-14-24-13-21(27-22)16-3-5-17(6-4-16)23(28)26-12-18-11-20(9-10-25-18)32(29,30)19-7-8-19/h3-6,9-11,13-15,19H,7-8,12H2,1-2H3,(H,26,28). The molecule has 0 bridgehead atoms. The molecule has 2 heterocycles. The highest BCUT2D eigenvalue weighted by molar-refractivity contribution is 7.92. The Kier molecular flexibility index (Phi) is 6.18. The van der Waals surface area contributed by atoms with Gasteiger partial charge in [0.2, 0.25) is 5.88 Å². The fourth-order valence-corrected chi connectivity index (χ4v) is 4.84. The molecule has 32 heavy (non-hydrogen) atoms. The minimum Gasteiger partial charge on any atom is -0.474 e. The second-order valence-corrected chi connectivity index (χ2v) is 10.1. The van der Waals surface area contributed by atoms with Crippen LogP contribution in [0.25, 0.3) is 11.3 Å². The summed E-state index contributed by atoms with van der Waals surface area (Å²) < 4.78 is 30.4. The largest absolute Gasteiger partial charge is 0.474 e. The number of sulfone groups is 1. The van der Waals surface area contributed by atoms with E-state index in [1.54, 1.807) is 36.7 Å². The summed E-state index contributed by atoms with van der Waals surface area (Å²) in [5.41, 5.74) is 2.42. The smallest absolute Gasteiger partial charge is 0.251 e. The maximum atomic E-state index is 12.5. The van der Waals surface area contributed by atoms with Gasteiger partial charge in [-0.05, 0) is 51.0 Å². The molecule has 8 nitrogen and oxygen atoms in total. The molecule has 0 atom stereocenters. The SMILES string of the molecule is CC(C)Oc1cncc(-c2ccc(C(=O)NCc3cc(S(=O)(=O)C4CC4)ccn3)cc2)n1. The molecular weight excluding hydrogens is 428 g/mol. The van der Waals surface area contributed by atoms with Gasteiger partial charge in [-0.15, -0.1) is 0 Å². The molecule has 0 radical (unpaired) electrons. The Balaban J connectivity index is 1.41. The fraction of sp³-hybridized carbons (Fsp3) is 0.304. The highest BCUT2D eigenvalue weighted by atomic mass is 32.2. The van der Waals surface area contributed by atoms with Crippen molar-refractivity contribution in [2.75, 3.05) is 0 Å².